The highest BCUT2D eigenvalue weighted by atomic mass is 127. The predicted molar refractivity (Wildman–Crippen MR) is 143 cm³/mol. The number of rotatable bonds is 5. The van der Waals surface area contributed by atoms with Crippen molar-refractivity contribution in [3.05, 3.63) is 66.3 Å². The van der Waals surface area contributed by atoms with E-state index in [1.807, 2.05) is 13.8 Å². The average molecular weight is 590 g/mol. The van der Waals surface area contributed by atoms with Crippen molar-refractivity contribution < 1.29 is 17.9 Å². The molecule has 0 atom stereocenters. The molecular formula is C25H36INO5S. The standard InChI is InChI=1S/C15H23NO5S.C10H13I/c1-8(2)11-7-12(9(3)4)15(22(19,20)21)13(10(5)6)14(11)16(17)18;1-10(2,3)8-4-6-9(11)7-5-8/h7-10H,1-6H3,(H,19,20,21);4-7H,1-3H3. The Morgan fingerprint density at radius 3 is 1.67 bits per heavy atom. The Morgan fingerprint density at radius 1 is 0.909 bits per heavy atom. The van der Waals surface area contributed by atoms with Gasteiger partial charge in [-0.1, -0.05) is 74.4 Å². The molecule has 0 aliphatic carbocycles. The normalized spacial score (nSPS) is 12.2. The van der Waals surface area contributed by atoms with E-state index in [-0.39, 0.29) is 33.4 Å². The van der Waals surface area contributed by atoms with Crippen molar-refractivity contribution in [2.45, 2.75) is 90.4 Å². The highest BCUT2D eigenvalue weighted by Gasteiger charge is 2.34. The van der Waals surface area contributed by atoms with Crippen molar-refractivity contribution in [3.63, 3.8) is 0 Å². The van der Waals surface area contributed by atoms with E-state index in [1.54, 1.807) is 33.8 Å². The number of benzene rings is 2. The average Bonchev–Trinajstić information content (AvgIpc) is 2.65. The molecule has 0 aliphatic heterocycles. The van der Waals surface area contributed by atoms with Gasteiger partial charge in [0, 0.05) is 9.13 Å². The Balaban J connectivity index is 0.000000412. The molecule has 2 aromatic carbocycles. The molecule has 0 bridgehead atoms. The summed E-state index contributed by atoms with van der Waals surface area (Å²) >= 11 is 2.32. The maximum atomic E-state index is 11.9. The minimum absolute atomic E-state index is 0.0856. The summed E-state index contributed by atoms with van der Waals surface area (Å²) < 4.78 is 34.7. The second-order valence-electron chi connectivity index (χ2n) is 10.1. The van der Waals surface area contributed by atoms with Crippen LogP contribution in [0.5, 0.6) is 0 Å². The molecule has 184 valence electrons. The van der Waals surface area contributed by atoms with E-state index in [0.29, 0.717) is 11.1 Å². The van der Waals surface area contributed by atoms with Crippen LogP contribution in [0, 0.1) is 13.7 Å². The third-order valence-electron chi connectivity index (χ3n) is 5.32. The zero-order chi connectivity index (χ0) is 25.9. The fraction of sp³-hybridized carbons (Fsp3) is 0.520. The Morgan fingerprint density at radius 2 is 1.36 bits per heavy atom. The highest BCUT2D eigenvalue weighted by molar-refractivity contribution is 14.1. The zero-order valence-corrected chi connectivity index (χ0v) is 23.9. The number of hydrogen-bond acceptors (Lipinski definition) is 4. The lowest BCUT2D eigenvalue weighted by Gasteiger charge is -2.21. The molecule has 0 unspecified atom stereocenters. The fourth-order valence-corrected chi connectivity index (χ4v) is 5.13. The topological polar surface area (TPSA) is 97.5 Å². The van der Waals surface area contributed by atoms with Crippen molar-refractivity contribution in [2.24, 2.45) is 0 Å². The van der Waals surface area contributed by atoms with Gasteiger partial charge in [0.15, 0.2) is 0 Å². The molecule has 0 heterocycles. The number of nitro benzene ring substituents is 1. The summed E-state index contributed by atoms with van der Waals surface area (Å²) in [7, 11) is -4.56. The Labute approximate surface area is 212 Å². The molecule has 8 heteroatoms. The lowest BCUT2D eigenvalue weighted by molar-refractivity contribution is -0.386. The van der Waals surface area contributed by atoms with Gasteiger partial charge in [-0.15, -0.1) is 0 Å². The van der Waals surface area contributed by atoms with Gasteiger partial charge in [0.05, 0.1) is 10.5 Å². The van der Waals surface area contributed by atoms with Crippen molar-refractivity contribution >= 4 is 38.4 Å². The van der Waals surface area contributed by atoms with Gasteiger partial charge in [-0.3, -0.25) is 14.7 Å². The SMILES string of the molecule is CC(C)(C)c1ccc(I)cc1.CC(C)c1cc(C(C)C)c(S(=O)(=O)O)c(C(C)C)c1[N+](=O)[O-]. The van der Waals surface area contributed by atoms with Gasteiger partial charge in [0.1, 0.15) is 4.90 Å². The molecule has 6 nitrogen and oxygen atoms in total. The Hall–Kier alpha value is -1.52. The Bertz CT molecular complexity index is 1080. The van der Waals surface area contributed by atoms with E-state index in [4.69, 9.17) is 0 Å². The van der Waals surface area contributed by atoms with Crippen molar-refractivity contribution in [1.29, 1.82) is 0 Å². The maximum absolute atomic E-state index is 11.9. The van der Waals surface area contributed by atoms with Gasteiger partial charge in [0.25, 0.3) is 15.8 Å². The van der Waals surface area contributed by atoms with Crippen molar-refractivity contribution in [2.75, 3.05) is 0 Å². The van der Waals surface area contributed by atoms with Crippen LogP contribution in [-0.2, 0) is 15.5 Å². The van der Waals surface area contributed by atoms with Crippen LogP contribution in [0.25, 0.3) is 0 Å². The van der Waals surface area contributed by atoms with E-state index < -0.39 is 21.0 Å². The van der Waals surface area contributed by atoms with Crippen LogP contribution >= 0.6 is 22.6 Å². The van der Waals surface area contributed by atoms with E-state index in [2.05, 4.69) is 67.6 Å². The summed E-state index contributed by atoms with van der Waals surface area (Å²) in [4.78, 5) is 10.7. The molecule has 0 spiro atoms. The van der Waals surface area contributed by atoms with Gasteiger partial charge >= 0.3 is 0 Å². The van der Waals surface area contributed by atoms with E-state index in [9.17, 15) is 23.1 Å². The summed E-state index contributed by atoms with van der Waals surface area (Å²) in [5.41, 5.74) is 2.47. The Kier molecular flexibility index (Phi) is 10.1. The molecule has 1 N–H and O–H groups in total. The molecule has 0 saturated heterocycles. The van der Waals surface area contributed by atoms with Gasteiger partial charge < -0.3 is 0 Å². The van der Waals surface area contributed by atoms with Crippen molar-refractivity contribution in [3.8, 4) is 0 Å². The van der Waals surface area contributed by atoms with E-state index in [1.165, 1.54) is 9.13 Å². The van der Waals surface area contributed by atoms with Crippen LogP contribution in [0.15, 0.2) is 35.2 Å². The second kappa shape index (κ2) is 11.3. The van der Waals surface area contributed by atoms with Crippen LogP contribution < -0.4 is 0 Å². The summed E-state index contributed by atoms with van der Waals surface area (Å²) in [6, 6.07) is 10.2. The second-order valence-corrected chi connectivity index (χ2v) is 12.7. The van der Waals surface area contributed by atoms with Crippen LogP contribution in [0.2, 0.25) is 0 Å². The molecule has 33 heavy (non-hydrogen) atoms. The van der Waals surface area contributed by atoms with Gasteiger partial charge in [-0.05, 0) is 75.1 Å². The number of nitrogens with zero attached hydrogens (tertiary/aromatic N) is 1. The van der Waals surface area contributed by atoms with Crippen LogP contribution in [0.1, 0.15) is 102 Å². The monoisotopic (exact) mass is 589 g/mol. The van der Waals surface area contributed by atoms with Crippen LogP contribution in [0.4, 0.5) is 5.69 Å². The third kappa shape index (κ3) is 7.75. The van der Waals surface area contributed by atoms with Crippen LogP contribution in [0.3, 0.4) is 0 Å². The molecule has 0 saturated carbocycles. The van der Waals surface area contributed by atoms with E-state index >= 15 is 0 Å². The predicted octanol–water partition coefficient (Wildman–Crippen LogP) is 7.80. The van der Waals surface area contributed by atoms with Crippen molar-refractivity contribution in [1.82, 2.24) is 0 Å². The third-order valence-corrected chi connectivity index (χ3v) is 7.01. The maximum Gasteiger partial charge on any atom is 0.295 e. The smallest absolute Gasteiger partial charge is 0.282 e. The first-order valence-electron chi connectivity index (χ1n) is 11.0. The first-order chi connectivity index (χ1) is 14.9. The van der Waals surface area contributed by atoms with E-state index in [0.717, 1.165) is 0 Å². The minimum atomic E-state index is -4.56. The quantitative estimate of drug-likeness (QED) is 0.166. The van der Waals surface area contributed by atoms with Gasteiger partial charge in [-0.25, -0.2) is 0 Å². The molecular weight excluding hydrogens is 553 g/mol. The lowest BCUT2D eigenvalue weighted by Crippen LogP contribution is -2.15. The molecule has 0 radical (unpaired) electrons. The molecule has 2 rings (SSSR count). The number of nitro groups is 1. The molecule has 2 aromatic rings. The first kappa shape index (κ1) is 29.5. The molecule has 0 fully saturated rings. The van der Waals surface area contributed by atoms with Crippen LogP contribution in [-0.4, -0.2) is 17.9 Å². The highest BCUT2D eigenvalue weighted by Crippen LogP contribution is 2.42. The largest absolute Gasteiger partial charge is 0.295 e. The summed E-state index contributed by atoms with van der Waals surface area (Å²) in [6.07, 6.45) is 0. The van der Waals surface area contributed by atoms with Gasteiger partial charge in [-0.2, -0.15) is 8.42 Å². The first-order valence-corrected chi connectivity index (χ1v) is 13.5. The number of hydrogen-bond donors (Lipinski definition) is 1. The lowest BCUT2D eigenvalue weighted by atomic mass is 9.87. The summed E-state index contributed by atoms with van der Waals surface area (Å²) in [5.74, 6) is -0.730. The number of halogens is 1. The summed E-state index contributed by atoms with van der Waals surface area (Å²) in [5, 5.41) is 11.5. The molecule has 0 amide bonds. The fourth-order valence-electron chi connectivity index (χ4n) is 3.57. The summed E-state index contributed by atoms with van der Waals surface area (Å²) in [6.45, 7) is 17.3. The zero-order valence-electron chi connectivity index (χ0n) is 20.9. The minimum Gasteiger partial charge on any atom is -0.282 e. The molecule has 0 aromatic heterocycles. The van der Waals surface area contributed by atoms with Gasteiger partial charge in [0.2, 0.25) is 0 Å². The molecule has 0 aliphatic rings.